The third kappa shape index (κ3) is 5.39. The summed E-state index contributed by atoms with van der Waals surface area (Å²) in [6, 6.07) is 4.40. The summed E-state index contributed by atoms with van der Waals surface area (Å²) in [6.07, 6.45) is -1.17. The fourth-order valence-electron chi connectivity index (χ4n) is 1.61. The molecule has 0 bridgehead atoms. The molecule has 0 aromatic heterocycles. The molecule has 9 heteroatoms. The predicted molar refractivity (Wildman–Crippen MR) is 79.1 cm³/mol. The number of benzene rings is 1. The maximum absolute atomic E-state index is 11.4. The normalized spacial score (nSPS) is 13.6. The lowest BCUT2D eigenvalue weighted by atomic mass is 10.0. The number of carbonyl (C=O) groups is 2. The van der Waals surface area contributed by atoms with Gasteiger partial charge in [0.15, 0.2) is 4.84 Å². The number of nitrogens with one attached hydrogen (secondary N) is 2. The van der Waals surface area contributed by atoms with Gasteiger partial charge in [-0.2, -0.15) is 0 Å². The summed E-state index contributed by atoms with van der Waals surface area (Å²) in [5.74, 6) is -0.719. The number of carbonyl (C=O) groups excluding carboxylic acids is 2. The van der Waals surface area contributed by atoms with Crippen LogP contribution >= 0.6 is 23.2 Å². The molecule has 0 aliphatic carbocycles. The van der Waals surface area contributed by atoms with E-state index in [9.17, 15) is 19.8 Å². The van der Waals surface area contributed by atoms with Crippen molar-refractivity contribution in [3.8, 4) is 0 Å². The lowest BCUT2D eigenvalue weighted by Gasteiger charge is -2.23. The number of primary amides is 1. The van der Waals surface area contributed by atoms with Crippen LogP contribution < -0.4 is 16.4 Å². The van der Waals surface area contributed by atoms with Crippen molar-refractivity contribution < 1.29 is 19.8 Å². The number of alkyl halides is 2. The van der Waals surface area contributed by atoms with Gasteiger partial charge in [0, 0.05) is 5.69 Å². The van der Waals surface area contributed by atoms with Crippen molar-refractivity contribution >= 4 is 40.8 Å². The molecule has 0 heterocycles. The molecule has 0 aliphatic heterocycles. The summed E-state index contributed by atoms with van der Waals surface area (Å²) in [5.41, 5.74) is 5.84. The Balaban J connectivity index is 2.77. The number of hydrogen-bond acceptors (Lipinski definition) is 4. The Bertz CT molecular complexity index is 496. The van der Waals surface area contributed by atoms with Crippen LogP contribution in [-0.2, 0) is 4.79 Å². The van der Waals surface area contributed by atoms with Crippen LogP contribution in [0.15, 0.2) is 24.3 Å². The third-order valence-corrected chi connectivity index (χ3v) is 3.02. The molecule has 2 atom stereocenters. The second-order valence-corrected chi connectivity index (χ2v) is 5.25. The zero-order chi connectivity index (χ0) is 16.0. The van der Waals surface area contributed by atoms with Crippen molar-refractivity contribution in [3.05, 3.63) is 29.8 Å². The van der Waals surface area contributed by atoms with Crippen molar-refractivity contribution in [2.45, 2.75) is 17.0 Å². The maximum Gasteiger partial charge on any atom is 0.316 e. The zero-order valence-electron chi connectivity index (χ0n) is 10.8. The smallest absolute Gasteiger partial charge is 0.316 e. The number of nitrogens with two attached hydrogens (primary N) is 1. The van der Waals surface area contributed by atoms with E-state index in [4.69, 9.17) is 28.9 Å². The summed E-state index contributed by atoms with van der Waals surface area (Å²) in [7, 11) is 0. The predicted octanol–water partition coefficient (Wildman–Crippen LogP) is 0.491. The van der Waals surface area contributed by atoms with Crippen LogP contribution in [0.4, 0.5) is 10.5 Å². The molecular weight excluding hydrogens is 321 g/mol. The van der Waals surface area contributed by atoms with Gasteiger partial charge in [-0.15, -0.1) is 0 Å². The quantitative estimate of drug-likeness (QED) is 0.485. The minimum atomic E-state index is -1.30. The molecule has 116 valence electrons. The van der Waals surface area contributed by atoms with E-state index in [2.05, 4.69) is 10.6 Å². The van der Waals surface area contributed by atoms with E-state index < -0.39 is 35.5 Å². The first-order valence-corrected chi connectivity index (χ1v) is 6.76. The SMILES string of the molecule is NC(=O)Nc1ccc(C(O)C(CO)NC(=O)C(Cl)Cl)cc1. The molecular formula is C12H15Cl2N3O4. The van der Waals surface area contributed by atoms with E-state index in [0.29, 0.717) is 11.3 Å². The second-order valence-electron chi connectivity index (χ2n) is 4.15. The Morgan fingerprint density at radius 1 is 1.24 bits per heavy atom. The highest BCUT2D eigenvalue weighted by Crippen LogP contribution is 2.19. The first-order chi connectivity index (χ1) is 9.85. The fourth-order valence-corrected chi connectivity index (χ4v) is 1.73. The largest absolute Gasteiger partial charge is 0.394 e. The zero-order valence-corrected chi connectivity index (χ0v) is 12.3. The Hall–Kier alpha value is -1.54. The lowest BCUT2D eigenvalue weighted by Crippen LogP contribution is -2.44. The third-order valence-electron chi connectivity index (χ3n) is 2.62. The average Bonchev–Trinajstić information content (AvgIpc) is 2.43. The van der Waals surface area contributed by atoms with Crippen LogP contribution in [-0.4, -0.2) is 39.6 Å². The molecule has 0 radical (unpaired) electrons. The van der Waals surface area contributed by atoms with Gasteiger partial charge in [-0.25, -0.2) is 4.79 Å². The van der Waals surface area contributed by atoms with Gasteiger partial charge >= 0.3 is 6.03 Å². The number of aliphatic hydroxyl groups excluding tert-OH is 2. The number of aliphatic hydroxyl groups is 2. The number of halogens is 2. The van der Waals surface area contributed by atoms with Crippen molar-refractivity contribution in [3.63, 3.8) is 0 Å². The molecule has 1 rings (SSSR count). The topological polar surface area (TPSA) is 125 Å². The molecule has 0 saturated carbocycles. The van der Waals surface area contributed by atoms with Crippen LogP contribution in [0.1, 0.15) is 11.7 Å². The first kappa shape index (κ1) is 17.5. The van der Waals surface area contributed by atoms with Crippen molar-refractivity contribution in [1.82, 2.24) is 5.32 Å². The highest BCUT2D eigenvalue weighted by Gasteiger charge is 2.24. The van der Waals surface area contributed by atoms with Crippen LogP contribution in [0.2, 0.25) is 0 Å². The number of anilines is 1. The van der Waals surface area contributed by atoms with E-state index in [-0.39, 0.29) is 0 Å². The Labute approximate surface area is 131 Å². The summed E-state index contributed by atoms with van der Waals surface area (Å²) >= 11 is 10.8. The highest BCUT2D eigenvalue weighted by atomic mass is 35.5. The second kappa shape index (κ2) is 8.04. The molecule has 0 aliphatic rings. The van der Waals surface area contributed by atoms with Crippen LogP contribution in [0.5, 0.6) is 0 Å². The van der Waals surface area contributed by atoms with E-state index in [1.54, 1.807) is 0 Å². The van der Waals surface area contributed by atoms with Gasteiger partial charge in [0.05, 0.1) is 12.6 Å². The Morgan fingerprint density at radius 2 is 1.81 bits per heavy atom. The molecule has 1 aromatic carbocycles. The molecule has 0 spiro atoms. The number of rotatable bonds is 6. The van der Waals surface area contributed by atoms with Gasteiger partial charge < -0.3 is 26.6 Å². The van der Waals surface area contributed by atoms with Crippen LogP contribution in [0, 0.1) is 0 Å². The number of urea groups is 1. The molecule has 7 nitrogen and oxygen atoms in total. The number of amides is 3. The van der Waals surface area contributed by atoms with Gasteiger partial charge in [-0.3, -0.25) is 4.79 Å². The van der Waals surface area contributed by atoms with E-state index in [1.165, 1.54) is 24.3 Å². The Kier molecular flexibility index (Phi) is 6.70. The molecule has 1 aromatic rings. The highest BCUT2D eigenvalue weighted by molar-refractivity contribution is 6.53. The average molecular weight is 336 g/mol. The van der Waals surface area contributed by atoms with Crippen molar-refractivity contribution in [2.75, 3.05) is 11.9 Å². The summed E-state index contributed by atoms with van der Waals surface area (Å²) in [5, 5.41) is 24.0. The van der Waals surface area contributed by atoms with Gasteiger partial charge in [0.1, 0.15) is 6.10 Å². The van der Waals surface area contributed by atoms with E-state index in [0.717, 1.165) is 0 Å². The molecule has 0 saturated heterocycles. The van der Waals surface area contributed by atoms with Crippen molar-refractivity contribution in [2.24, 2.45) is 5.73 Å². The monoisotopic (exact) mass is 335 g/mol. The molecule has 0 fully saturated rings. The fraction of sp³-hybridized carbons (Fsp3) is 0.333. The lowest BCUT2D eigenvalue weighted by molar-refractivity contribution is -0.121. The minimum absolute atomic E-state index is 0.421. The van der Waals surface area contributed by atoms with Gasteiger partial charge in [0.25, 0.3) is 5.91 Å². The summed E-state index contributed by atoms with van der Waals surface area (Å²) in [6.45, 7) is -0.505. The van der Waals surface area contributed by atoms with Crippen LogP contribution in [0.3, 0.4) is 0 Å². The molecule has 21 heavy (non-hydrogen) atoms. The van der Waals surface area contributed by atoms with Gasteiger partial charge in [0.2, 0.25) is 0 Å². The maximum atomic E-state index is 11.4. The van der Waals surface area contributed by atoms with Gasteiger partial charge in [-0.05, 0) is 17.7 Å². The molecule has 6 N–H and O–H groups in total. The Morgan fingerprint density at radius 3 is 2.24 bits per heavy atom. The minimum Gasteiger partial charge on any atom is -0.394 e. The van der Waals surface area contributed by atoms with E-state index >= 15 is 0 Å². The van der Waals surface area contributed by atoms with Crippen molar-refractivity contribution in [1.29, 1.82) is 0 Å². The summed E-state index contributed by atoms with van der Waals surface area (Å²) in [4.78, 5) is 20.8. The van der Waals surface area contributed by atoms with Gasteiger partial charge in [-0.1, -0.05) is 35.3 Å². The molecule has 2 unspecified atom stereocenters. The molecule has 3 amide bonds. The standard InChI is InChI=1S/C12H15Cl2N3O4/c13-10(14)11(20)17-8(5-18)9(19)6-1-3-7(4-2-6)16-12(15)21/h1-4,8-10,18-19H,5H2,(H,17,20)(H3,15,16,21). The number of hydrogen-bond donors (Lipinski definition) is 5. The summed E-state index contributed by atoms with van der Waals surface area (Å²) < 4.78 is 0. The van der Waals surface area contributed by atoms with Crippen LogP contribution in [0.25, 0.3) is 0 Å². The first-order valence-electron chi connectivity index (χ1n) is 5.89. The van der Waals surface area contributed by atoms with E-state index in [1.807, 2.05) is 0 Å².